The molecule has 11 nitrogen and oxygen atoms in total. The summed E-state index contributed by atoms with van der Waals surface area (Å²) in [6.45, 7) is 4.62. The van der Waals surface area contributed by atoms with Crippen LogP contribution < -0.4 is 22.1 Å². The zero-order valence-electron chi connectivity index (χ0n) is 24.2. The fraction of sp³-hybridized carbons (Fsp3) is 0.536. The summed E-state index contributed by atoms with van der Waals surface area (Å²) in [5.41, 5.74) is 11.2. The maximum atomic E-state index is 13.3. The number of carbonyl (C=O) groups excluding carboxylic acids is 2. The minimum absolute atomic E-state index is 0.0588. The third kappa shape index (κ3) is 6.46. The second kappa shape index (κ2) is 12.5. The summed E-state index contributed by atoms with van der Waals surface area (Å²) in [5, 5.41) is 5.97. The minimum atomic E-state index is -4.63. The Morgan fingerprint density at radius 2 is 1.70 bits per heavy atom. The lowest BCUT2D eigenvalue weighted by Crippen LogP contribution is -2.57. The smallest absolute Gasteiger partial charge is 0.369 e. The highest BCUT2D eigenvalue weighted by Gasteiger charge is 2.37. The number of imidazole rings is 1. The van der Waals surface area contributed by atoms with Gasteiger partial charge in [0.1, 0.15) is 5.52 Å². The summed E-state index contributed by atoms with van der Waals surface area (Å²) in [5.74, 6) is 0.0879. The van der Waals surface area contributed by atoms with Crippen molar-refractivity contribution in [1.82, 2.24) is 24.4 Å². The second-order valence-electron chi connectivity index (χ2n) is 11.7. The zero-order valence-corrected chi connectivity index (χ0v) is 25.7. The molecule has 2 unspecified atom stereocenters. The molecule has 0 spiro atoms. The Bertz CT molecular complexity index is 1530. The number of rotatable bonds is 7. The summed E-state index contributed by atoms with van der Waals surface area (Å²) >= 11 is 12.6. The number of halogens is 5. The molecule has 3 aromatic rings. The number of nitrogens with zero attached hydrogens (tertiary/aromatic N) is 5. The van der Waals surface area contributed by atoms with Crippen molar-refractivity contribution in [3.05, 3.63) is 33.9 Å². The van der Waals surface area contributed by atoms with Crippen LogP contribution in [0.5, 0.6) is 0 Å². The van der Waals surface area contributed by atoms with Crippen molar-refractivity contribution in [3.8, 4) is 0 Å². The maximum absolute atomic E-state index is 13.3. The molecular weight excluding hydrogens is 622 g/mol. The van der Waals surface area contributed by atoms with E-state index in [0.29, 0.717) is 49.3 Å². The van der Waals surface area contributed by atoms with Gasteiger partial charge >= 0.3 is 12.2 Å². The Balaban J connectivity index is 1.53. The number of nitrogens with two attached hydrogens (primary N) is 2. The number of aromatic nitrogens is 4. The van der Waals surface area contributed by atoms with Crippen LogP contribution in [0.25, 0.3) is 11.2 Å². The molecular formula is C28H34Cl2F3N9O2. The molecule has 0 radical (unpaired) electrons. The molecule has 1 aromatic carbocycles. The van der Waals surface area contributed by atoms with Gasteiger partial charge in [0.25, 0.3) is 0 Å². The predicted octanol–water partition coefficient (Wildman–Crippen LogP) is 6.09. The molecule has 5 rings (SSSR count). The molecule has 2 aromatic heterocycles. The lowest BCUT2D eigenvalue weighted by molar-refractivity contribution is -0.137. The Hall–Kier alpha value is -3.52. The molecule has 1 saturated carbocycles. The van der Waals surface area contributed by atoms with Gasteiger partial charge in [0.05, 0.1) is 33.5 Å². The minimum Gasteiger partial charge on any atom is -0.369 e. The summed E-state index contributed by atoms with van der Waals surface area (Å²) in [6, 6.07) is 0.624. The van der Waals surface area contributed by atoms with E-state index in [2.05, 4.69) is 20.6 Å². The molecule has 16 heteroatoms. The number of nitrogens with one attached hydrogen (secondary N) is 2. The quantitative estimate of drug-likeness (QED) is 0.240. The Kier molecular flexibility index (Phi) is 9.04. The highest BCUT2D eigenvalue weighted by Crippen LogP contribution is 2.42. The molecule has 0 bridgehead atoms. The number of anilines is 3. The molecule has 1 aliphatic carbocycles. The molecule has 1 saturated heterocycles. The van der Waals surface area contributed by atoms with E-state index in [1.165, 1.54) is 0 Å². The van der Waals surface area contributed by atoms with Crippen molar-refractivity contribution in [2.75, 3.05) is 17.2 Å². The van der Waals surface area contributed by atoms with Gasteiger partial charge in [0.15, 0.2) is 5.65 Å². The molecule has 44 heavy (non-hydrogen) atoms. The lowest BCUT2D eigenvalue weighted by atomic mass is 9.85. The number of urea groups is 1. The van der Waals surface area contributed by atoms with Crippen molar-refractivity contribution in [1.29, 1.82) is 0 Å². The molecule has 238 valence electrons. The van der Waals surface area contributed by atoms with E-state index in [1.54, 1.807) is 11.1 Å². The number of likely N-dealkylation sites (tertiary alicyclic amines) is 1. The van der Waals surface area contributed by atoms with Gasteiger partial charge in [-0.3, -0.25) is 9.36 Å². The molecule has 2 fully saturated rings. The number of carbonyl (C=O) groups is 2. The van der Waals surface area contributed by atoms with Gasteiger partial charge in [-0.2, -0.15) is 18.2 Å². The Morgan fingerprint density at radius 1 is 1.05 bits per heavy atom. The number of piperidine rings is 1. The van der Waals surface area contributed by atoms with Crippen LogP contribution in [0.15, 0.2) is 18.3 Å². The van der Waals surface area contributed by atoms with E-state index in [1.807, 2.05) is 18.4 Å². The van der Waals surface area contributed by atoms with Crippen LogP contribution in [0, 0.1) is 11.8 Å². The van der Waals surface area contributed by atoms with Gasteiger partial charge in [0.2, 0.25) is 17.8 Å². The molecule has 3 heterocycles. The van der Waals surface area contributed by atoms with Crippen molar-refractivity contribution in [3.63, 3.8) is 0 Å². The number of primary amides is 2. The van der Waals surface area contributed by atoms with Crippen LogP contribution in [0.3, 0.4) is 0 Å². The van der Waals surface area contributed by atoms with Crippen molar-refractivity contribution in [2.45, 2.75) is 76.7 Å². The lowest BCUT2D eigenvalue weighted by Gasteiger charge is -2.43. The monoisotopic (exact) mass is 655 g/mol. The van der Waals surface area contributed by atoms with E-state index in [9.17, 15) is 22.8 Å². The average molecular weight is 657 g/mol. The van der Waals surface area contributed by atoms with Gasteiger partial charge in [-0.1, -0.05) is 37.0 Å². The fourth-order valence-corrected chi connectivity index (χ4v) is 6.99. The zero-order chi connectivity index (χ0) is 31.9. The number of benzene rings is 1. The van der Waals surface area contributed by atoms with Gasteiger partial charge in [-0.25, -0.2) is 14.8 Å². The topological polar surface area (TPSA) is 157 Å². The molecule has 1 aliphatic heterocycles. The van der Waals surface area contributed by atoms with Crippen LogP contribution in [0.4, 0.5) is 35.5 Å². The van der Waals surface area contributed by atoms with Gasteiger partial charge in [-0.05, 0) is 56.6 Å². The van der Waals surface area contributed by atoms with Crippen LogP contribution in [-0.2, 0) is 11.0 Å². The number of hydrogen-bond acceptors (Lipinski definition) is 7. The number of fused-ring (bicyclic) bond motifs is 1. The molecule has 6 N–H and O–H groups in total. The molecule has 2 aliphatic rings. The first kappa shape index (κ1) is 31.9. The van der Waals surface area contributed by atoms with Gasteiger partial charge < -0.3 is 27.0 Å². The van der Waals surface area contributed by atoms with Crippen LogP contribution >= 0.6 is 23.2 Å². The van der Waals surface area contributed by atoms with E-state index < -0.39 is 17.8 Å². The number of hydrogen-bond donors (Lipinski definition) is 4. The highest BCUT2D eigenvalue weighted by atomic mass is 35.5. The third-order valence-electron chi connectivity index (χ3n) is 8.47. The Labute approximate surface area is 261 Å². The third-order valence-corrected chi connectivity index (χ3v) is 9.07. The summed E-state index contributed by atoms with van der Waals surface area (Å²) in [4.78, 5) is 39.6. The van der Waals surface area contributed by atoms with Crippen LogP contribution in [0.1, 0.15) is 64.0 Å². The summed E-state index contributed by atoms with van der Waals surface area (Å²) in [7, 11) is 0. The summed E-state index contributed by atoms with van der Waals surface area (Å²) in [6.07, 6.45) is 0.740. The van der Waals surface area contributed by atoms with Gasteiger partial charge in [-0.15, -0.1) is 0 Å². The number of alkyl halides is 3. The molecule has 3 amide bonds. The van der Waals surface area contributed by atoms with Gasteiger partial charge in [0, 0.05) is 24.5 Å². The van der Waals surface area contributed by atoms with E-state index >= 15 is 0 Å². The van der Waals surface area contributed by atoms with E-state index in [0.717, 1.165) is 25.0 Å². The van der Waals surface area contributed by atoms with Crippen molar-refractivity contribution in [2.24, 2.45) is 23.3 Å². The standard InChI is InChI=1S/C28H34Cl2F3N9O2/c1-13(2)22-19(4-3-9-41(22)25(35)44)37-26-36-12-20-24(40-26)42(16-7-5-14(6-8-16)23(34)43)27(38-20)39-21-17(29)10-15(11-18(21)30)28(31,32)33/h10-14,16,19,22H,3-9H2,1-2H3,(H2,34,43)(H2,35,44)(H,38,39)(H,36,37,40). The van der Waals surface area contributed by atoms with Crippen molar-refractivity contribution < 1.29 is 22.8 Å². The van der Waals surface area contributed by atoms with Crippen molar-refractivity contribution >= 4 is 63.9 Å². The first-order chi connectivity index (χ1) is 20.7. The van der Waals surface area contributed by atoms with E-state index in [-0.39, 0.29) is 57.5 Å². The number of amides is 3. The fourth-order valence-electron chi connectivity index (χ4n) is 6.40. The predicted molar refractivity (Wildman–Crippen MR) is 162 cm³/mol. The van der Waals surface area contributed by atoms with Crippen LogP contribution in [0.2, 0.25) is 10.0 Å². The SMILES string of the molecule is CC(C)C1C(Nc2ncc3nc(Nc4c(Cl)cc(C(F)(F)F)cc4Cl)n(C4CCC(C(N)=O)CC4)c3n2)CCCN1C(N)=O. The first-order valence-corrected chi connectivity index (χ1v) is 15.2. The second-order valence-corrected chi connectivity index (χ2v) is 12.5. The normalized spacial score (nSPS) is 22.8. The summed E-state index contributed by atoms with van der Waals surface area (Å²) < 4.78 is 41.9. The highest BCUT2D eigenvalue weighted by molar-refractivity contribution is 6.39. The van der Waals surface area contributed by atoms with E-state index in [4.69, 9.17) is 39.7 Å². The average Bonchev–Trinajstić information content (AvgIpc) is 3.31. The maximum Gasteiger partial charge on any atom is 0.416 e. The van der Waals surface area contributed by atoms with Crippen LogP contribution in [-0.4, -0.2) is 55.0 Å². The first-order valence-electron chi connectivity index (χ1n) is 14.4. The largest absolute Gasteiger partial charge is 0.416 e. The molecule has 2 atom stereocenters. The Morgan fingerprint density at radius 3 is 2.27 bits per heavy atom.